The van der Waals surface area contributed by atoms with Crippen molar-refractivity contribution < 1.29 is 4.74 Å². The van der Waals surface area contributed by atoms with Gasteiger partial charge >= 0.3 is 0 Å². The van der Waals surface area contributed by atoms with Gasteiger partial charge in [0.2, 0.25) is 5.88 Å². The number of anilines is 1. The van der Waals surface area contributed by atoms with E-state index in [0.717, 1.165) is 5.56 Å². The van der Waals surface area contributed by atoms with Gasteiger partial charge in [0.25, 0.3) is 0 Å². The van der Waals surface area contributed by atoms with Crippen LogP contribution >= 0.6 is 0 Å². The van der Waals surface area contributed by atoms with Gasteiger partial charge in [-0.3, -0.25) is 0 Å². The summed E-state index contributed by atoms with van der Waals surface area (Å²) in [5.41, 5.74) is 7.22. The van der Waals surface area contributed by atoms with Crippen molar-refractivity contribution in [2.75, 3.05) is 12.8 Å². The molecule has 4 heteroatoms. The predicted molar refractivity (Wildman–Crippen MR) is 44.7 cm³/mol. The summed E-state index contributed by atoms with van der Waals surface area (Å²) in [6.45, 7) is 1.81. The van der Waals surface area contributed by atoms with Gasteiger partial charge in [-0.05, 0) is 18.6 Å². The number of aromatic nitrogens is 1. The van der Waals surface area contributed by atoms with E-state index in [2.05, 4.69) is 4.98 Å². The van der Waals surface area contributed by atoms with Crippen molar-refractivity contribution in [3.8, 4) is 11.9 Å². The quantitative estimate of drug-likeness (QED) is 0.666. The van der Waals surface area contributed by atoms with Crippen LogP contribution in [0.15, 0.2) is 6.07 Å². The molecule has 0 bridgehead atoms. The Morgan fingerprint density at radius 2 is 2.33 bits per heavy atom. The molecule has 1 rings (SSSR count). The lowest BCUT2D eigenvalue weighted by Gasteiger charge is -2.05. The number of aryl methyl sites for hydroxylation is 1. The Hall–Kier alpha value is -1.76. The van der Waals surface area contributed by atoms with Crippen LogP contribution in [0.1, 0.15) is 11.3 Å². The molecule has 0 saturated heterocycles. The molecule has 0 aliphatic rings. The molecule has 4 nitrogen and oxygen atoms in total. The molecular formula is C8H9N3O. The minimum absolute atomic E-state index is 0.312. The van der Waals surface area contributed by atoms with Crippen molar-refractivity contribution in [3.05, 3.63) is 17.3 Å². The molecule has 0 aliphatic carbocycles. The topological polar surface area (TPSA) is 71.9 Å². The third-order valence-electron chi connectivity index (χ3n) is 1.54. The Labute approximate surface area is 70.6 Å². The standard InChI is InChI=1S/C8H9N3O/c1-5-3-6(4-9)11-8(12-2)7(5)10/h3H,10H2,1-2H3. The van der Waals surface area contributed by atoms with Crippen molar-refractivity contribution in [1.82, 2.24) is 4.98 Å². The molecule has 0 fully saturated rings. The maximum Gasteiger partial charge on any atom is 0.238 e. The van der Waals surface area contributed by atoms with E-state index in [-0.39, 0.29) is 0 Å². The molecule has 0 spiro atoms. The van der Waals surface area contributed by atoms with Crippen LogP contribution in [0, 0.1) is 18.3 Å². The molecule has 62 valence electrons. The summed E-state index contributed by atoms with van der Waals surface area (Å²) in [5.74, 6) is 0.312. The fourth-order valence-corrected chi connectivity index (χ4v) is 0.866. The molecule has 0 radical (unpaired) electrons. The van der Waals surface area contributed by atoms with Crippen molar-refractivity contribution in [2.24, 2.45) is 0 Å². The van der Waals surface area contributed by atoms with Gasteiger partial charge in [0.15, 0.2) is 0 Å². The Bertz CT molecular complexity index is 341. The van der Waals surface area contributed by atoms with Gasteiger partial charge in [0.05, 0.1) is 12.8 Å². The largest absolute Gasteiger partial charge is 0.479 e. The first-order valence-electron chi connectivity index (χ1n) is 3.40. The highest BCUT2D eigenvalue weighted by atomic mass is 16.5. The van der Waals surface area contributed by atoms with Crippen LogP contribution in [0.2, 0.25) is 0 Å². The Morgan fingerprint density at radius 3 is 2.83 bits per heavy atom. The minimum Gasteiger partial charge on any atom is -0.479 e. The lowest BCUT2D eigenvalue weighted by atomic mass is 10.2. The van der Waals surface area contributed by atoms with Gasteiger partial charge in [-0.15, -0.1) is 0 Å². The normalized spacial score (nSPS) is 9.08. The maximum atomic E-state index is 8.56. The first kappa shape index (κ1) is 8.34. The first-order chi connectivity index (χ1) is 5.69. The molecule has 0 aliphatic heterocycles. The lowest BCUT2D eigenvalue weighted by Crippen LogP contribution is -1.99. The van der Waals surface area contributed by atoms with Gasteiger partial charge in [-0.1, -0.05) is 0 Å². The first-order valence-corrected chi connectivity index (χ1v) is 3.40. The number of ether oxygens (including phenoxy) is 1. The van der Waals surface area contributed by atoms with Crippen molar-refractivity contribution >= 4 is 5.69 Å². The number of hydrogen-bond acceptors (Lipinski definition) is 4. The number of nitriles is 1. The lowest BCUT2D eigenvalue weighted by molar-refractivity contribution is 0.399. The highest BCUT2D eigenvalue weighted by Gasteiger charge is 2.05. The van der Waals surface area contributed by atoms with Crippen molar-refractivity contribution in [2.45, 2.75) is 6.92 Å². The van der Waals surface area contributed by atoms with Crippen LogP contribution in [0.4, 0.5) is 5.69 Å². The molecule has 0 amide bonds. The SMILES string of the molecule is COc1nc(C#N)cc(C)c1N. The molecule has 1 aromatic heterocycles. The molecule has 0 aromatic carbocycles. The Morgan fingerprint density at radius 1 is 1.67 bits per heavy atom. The van der Waals surface area contributed by atoms with Gasteiger partial charge < -0.3 is 10.5 Å². The average molecular weight is 163 g/mol. The second-order valence-electron chi connectivity index (χ2n) is 2.36. The van der Waals surface area contributed by atoms with Crippen LogP contribution in [-0.2, 0) is 0 Å². The molecule has 0 saturated carbocycles. The number of pyridine rings is 1. The molecule has 12 heavy (non-hydrogen) atoms. The van der Waals surface area contributed by atoms with E-state index in [0.29, 0.717) is 17.3 Å². The Kier molecular flexibility index (Phi) is 2.15. The average Bonchev–Trinajstić information content (AvgIpc) is 2.09. The van der Waals surface area contributed by atoms with Gasteiger partial charge in [-0.2, -0.15) is 5.26 Å². The van der Waals surface area contributed by atoms with Crippen LogP contribution < -0.4 is 10.5 Å². The summed E-state index contributed by atoms with van der Waals surface area (Å²) < 4.78 is 4.88. The molecular weight excluding hydrogens is 154 g/mol. The van der Waals surface area contributed by atoms with Crippen LogP contribution in [0.25, 0.3) is 0 Å². The van der Waals surface area contributed by atoms with Gasteiger partial charge in [0, 0.05) is 0 Å². The summed E-state index contributed by atoms with van der Waals surface area (Å²) >= 11 is 0. The summed E-state index contributed by atoms with van der Waals surface area (Å²) in [7, 11) is 1.47. The zero-order chi connectivity index (χ0) is 9.14. The van der Waals surface area contributed by atoms with Crippen LogP contribution in [-0.4, -0.2) is 12.1 Å². The zero-order valence-electron chi connectivity index (χ0n) is 6.96. The van der Waals surface area contributed by atoms with Gasteiger partial charge in [-0.25, -0.2) is 4.98 Å². The molecule has 0 atom stereocenters. The third kappa shape index (κ3) is 1.30. The van der Waals surface area contributed by atoms with Crippen LogP contribution in [0.5, 0.6) is 5.88 Å². The monoisotopic (exact) mass is 163 g/mol. The number of nitrogen functional groups attached to an aromatic ring is 1. The Balaban J connectivity index is 3.31. The van der Waals surface area contributed by atoms with E-state index in [1.54, 1.807) is 13.0 Å². The summed E-state index contributed by atoms with van der Waals surface area (Å²) in [4.78, 5) is 3.86. The van der Waals surface area contributed by atoms with E-state index >= 15 is 0 Å². The fourth-order valence-electron chi connectivity index (χ4n) is 0.866. The number of methoxy groups -OCH3 is 1. The molecule has 1 aromatic rings. The number of nitrogens with zero attached hydrogens (tertiary/aromatic N) is 2. The minimum atomic E-state index is 0.312. The van der Waals surface area contributed by atoms with Gasteiger partial charge in [0.1, 0.15) is 11.8 Å². The smallest absolute Gasteiger partial charge is 0.238 e. The molecule has 2 N–H and O–H groups in total. The number of rotatable bonds is 1. The van der Waals surface area contributed by atoms with Crippen molar-refractivity contribution in [3.63, 3.8) is 0 Å². The highest BCUT2D eigenvalue weighted by molar-refractivity contribution is 5.56. The van der Waals surface area contributed by atoms with E-state index in [1.165, 1.54) is 7.11 Å². The second-order valence-corrected chi connectivity index (χ2v) is 2.36. The maximum absolute atomic E-state index is 8.56. The number of nitrogens with two attached hydrogens (primary N) is 1. The summed E-state index contributed by atoms with van der Waals surface area (Å²) in [6, 6.07) is 3.55. The fraction of sp³-hybridized carbons (Fsp3) is 0.250. The van der Waals surface area contributed by atoms with Crippen LogP contribution in [0.3, 0.4) is 0 Å². The summed E-state index contributed by atoms with van der Waals surface area (Å²) in [5, 5.41) is 8.56. The zero-order valence-corrected chi connectivity index (χ0v) is 6.96. The highest BCUT2D eigenvalue weighted by Crippen LogP contribution is 2.22. The predicted octanol–water partition coefficient (Wildman–Crippen LogP) is 0.852. The van der Waals surface area contributed by atoms with Crippen molar-refractivity contribution in [1.29, 1.82) is 5.26 Å². The van der Waals surface area contributed by atoms with E-state index in [4.69, 9.17) is 15.7 Å². The summed E-state index contributed by atoms with van der Waals surface area (Å²) in [6.07, 6.45) is 0. The number of hydrogen-bond donors (Lipinski definition) is 1. The van der Waals surface area contributed by atoms with E-state index in [9.17, 15) is 0 Å². The molecule has 1 heterocycles. The second kappa shape index (κ2) is 3.09. The third-order valence-corrected chi connectivity index (χ3v) is 1.54. The van der Waals surface area contributed by atoms with E-state index in [1.807, 2.05) is 6.07 Å². The molecule has 0 unspecified atom stereocenters. The van der Waals surface area contributed by atoms with E-state index < -0.39 is 0 Å².